The number of carbonyl (C=O) groups excluding carboxylic acids is 6. The van der Waals surface area contributed by atoms with Gasteiger partial charge in [-0.25, -0.2) is 4.79 Å². The highest BCUT2D eigenvalue weighted by atomic mass is 16.5. The number of likely N-dealkylation sites (tertiary alicyclic amines) is 1. The zero-order chi connectivity index (χ0) is 41.4. The molecule has 5 rings (SSSR count). The molecule has 14 heteroatoms. The van der Waals surface area contributed by atoms with E-state index in [1.54, 1.807) is 37.3 Å². The monoisotopic (exact) mass is 801 g/mol. The Hall–Kier alpha value is -5.11. The van der Waals surface area contributed by atoms with Gasteiger partial charge in [0.1, 0.15) is 12.1 Å². The van der Waals surface area contributed by atoms with E-state index in [1.807, 2.05) is 30.3 Å². The molecule has 58 heavy (non-hydrogen) atoms. The van der Waals surface area contributed by atoms with Crippen LogP contribution in [0.2, 0.25) is 0 Å². The Morgan fingerprint density at radius 1 is 0.793 bits per heavy atom. The third kappa shape index (κ3) is 12.7. The van der Waals surface area contributed by atoms with E-state index in [-0.39, 0.29) is 49.6 Å². The molecule has 314 valence electrons. The number of rotatable bonds is 19. The highest BCUT2D eigenvalue weighted by Crippen LogP contribution is 2.31. The van der Waals surface area contributed by atoms with Gasteiger partial charge < -0.3 is 36.0 Å². The van der Waals surface area contributed by atoms with Crippen LogP contribution in [0.15, 0.2) is 60.7 Å². The van der Waals surface area contributed by atoms with Gasteiger partial charge in [0.15, 0.2) is 6.04 Å². The van der Waals surface area contributed by atoms with E-state index in [2.05, 4.69) is 21.3 Å². The number of Topliss-reactive ketones (excluding diaryl/α,β-unsaturated/α-hetero) is 1. The van der Waals surface area contributed by atoms with E-state index in [1.165, 1.54) is 11.3 Å². The van der Waals surface area contributed by atoms with Gasteiger partial charge >= 0.3 is 5.97 Å². The molecule has 2 aliphatic carbocycles. The number of hydrogen-bond acceptors (Lipinski definition) is 8. The molecule has 3 fully saturated rings. The first-order chi connectivity index (χ1) is 28.0. The number of nitrogens with one attached hydrogen (secondary N) is 4. The smallest absolute Gasteiger partial charge is 0.330 e. The molecule has 2 aromatic carbocycles. The Morgan fingerprint density at radius 3 is 2.07 bits per heavy atom. The van der Waals surface area contributed by atoms with Crippen molar-refractivity contribution >= 4 is 41.3 Å². The van der Waals surface area contributed by atoms with Gasteiger partial charge in [-0.3, -0.25) is 28.8 Å². The van der Waals surface area contributed by atoms with Crippen LogP contribution >= 0.6 is 0 Å². The second-order valence-electron chi connectivity index (χ2n) is 16.0. The molecule has 0 radical (unpaired) electrons. The molecular formula is C44H59N5O9. The maximum atomic E-state index is 14.7. The van der Waals surface area contributed by atoms with Gasteiger partial charge in [-0.1, -0.05) is 113 Å². The summed E-state index contributed by atoms with van der Waals surface area (Å²) in [6.07, 6.45) is 10.4. The second kappa shape index (κ2) is 22.2. The third-order valence-corrected chi connectivity index (χ3v) is 11.6. The zero-order valence-electron chi connectivity index (χ0n) is 33.5. The van der Waals surface area contributed by atoms with Gasteiger partial charge in [-0.15, -0.1) is 0 Å². The number of hydrogen-bond donors (Lipinski definition) is 5. The van der Waals surface area contributed by atoms with Gasteiger partial charge in [0.2, 0.25) is 29.4 Å². The van der Waals surface area contributed by atoms with Crippen molar-refractivity contribution in [1.82, 2.24) is 26.2 Å². The van der Waals surface area contributed by atoms with Crippen molar-refractivity contribution in [3.63, 3.8) is 0 Å². The number of carbonyl (C=O) groups is 7. The van der Waals surface area contributed by atoms with E-state index >= 15 is 0 Å². The van der Waals surface area contributed by atoms with Crippen LogP contribution in [0.3, 0.4) is 0 Å². The summed E-state index contributed by atoms with van der Waals surface area (Å²) < 4.78 is 6.25. The Labute approximate surface area is 340 Å². The molecule has 14 nitrogen and oxygen atoms in total. The first-order valence-electron chi connectivity index (χ1n) is 21.0. The largest absolute Gasteiger partial charge is 0.479 e. The zero-order valence-corrected chi connectivity index (χ0v) is 33.5. The fourth-order valence-corrected chi connectivity index (χ4v) is 8.49. The number of amides is 5. The lowest BCUT2D eigenvalue weighted by molar-refractivity contribution is -0.145. The fourth-order valence-electron chi connectivity index (χ4n) is 8.49. The van der Waals surface area contributed by atoms with Gasteiger partial charge in [0.05, 0.1) is 25.3 Å². The van der Waals surface area contributed by atoms with Gasteiger partial charge in [0, 0.05) is 19.4 Å². The minimum atomic E-state index is -1.37. The average Bonchev–Trinajstić information content (AvgIpc) is 3.68. The minimum absolute atomic E-state index is 0.0849. The van der Waals surface area contributed by atoms with Crippen molar-refractivity contribution in [3.8, 4) is 0 Å². The topological polar surface area (TPSA) is 200 Å². The number of benzene rings is 2. The highest BCUT2D eigenvalue weighted by molar-refractivity contribution is 6.38. The van der Waals surface area contributed by atoms with Crippen LogP contribution in [-0.2, 0) is 44.9 Å². The maximum absolute atomic E-state index is 14.7. The summed E-state index contributed by atoms with van der Waals surface area (Å²) in [5.41, 5.74) is 1.26. The second-order valence-corrected chi connectivity index (χ2v) is 16.0. The summed E-state index contributed by atoms with van der Waals surface area (Å²) in [6, 6.07) is 13.1. The molecular weight excluding hydrogens is 743 g/mol. The van der Waals surface area contributed by atoms with Gasteiger partial charge in [-0.2, -0.15) is 0 Å². The van der Waals surface area contributed by atoms with Crippen LogP contribution in [-0.4, -0.2) is 88.6 Å². The summed E-state index contributed by atoms with van der Waals surface area (Å²) in [5, 5.41) is 20.1. The molecule has 1 saturated heterocycles. The number of nitrogens with zero attached hydrogens (tertiary/aromatic N) is 1. The molecule has 5 amide bonds. The molecule has 1 aliphatic heterocycles. The molecule has 0 aromatic heterocycles. The Bertz CT molecular complexity index is 1710. The van der Waals surface area contributed by atoms with Crippen molar-refractivity contribution in [1.29, 1.82) is 0 Å². The maximum Gasteiger partial charge on any atom is 0.330 e. The quantitative estimate of drug-likeness (QED) is 0.130. The van der Waals surface area contributed by atoms with E-state index in [4.69, 9.17) is 4.74 Å². The first-order valence-corrected chi connectivity index (χ1v) is 21.0. The summed E-state index contributed by atoms with van der Waals surface area (Å²) in [4.78, 5) is 95.0. The summed E-state index contributed by atoms with van der Waals surface area (Å²) in [6.45, 7) is 1.48. The normalized spacial score (nSPS) is 20.3. The number of ether oxygens (including phenoxy) is 1. The van der Waals surface area contributed by atoms with Crippen LogP contribution in [0.1, 0.15) is 114 Å². The molecule has 2 saturated carbocycles. The van der Waals surface area contributed by atoms with Crippen molar-refractivity contribution in [2.24, 2.45) is 11.8 Å². The summed E-state index contributed by atoms with van der Waals surface area (Å²) in [7, 11) is 0. The van der Waals surface area contributed by atoms with E-state index in [0.29, 0.717) is 18.4 Å². The molecule has 5 N–H and O–H groups in total. The number of ketones is 1. The van der Waals surface area contributed by atoms with Crippen LogP contribution in [0.25, 0.3) is 0 Å². The van der Waals surface area contributed by atoms with Crippen molar-refractivity contribution < 1.29 is 43.4 Å². The summed E-state index contributed by atoms with van der Waals surface area (Å²) in [5.74, 6) is -5.16. The third-order valence-electron chi connectivity index (χ3n) is 11.6. The van der Waals surface area contributed by atoms with Gasteiger partial charge in [0.25, 0.3) is 5.91 Å². The lowest BCUT2D eigenvalue weighted by atomic mass is 9.82. The molecule has 5 atom stereocenters. The summed E-state index contributed by atoms with van der Waals surface area (Å²) >= 11 is 0. The number of carboxylic acids is 1. The molecule has 1 heterocycles. The van der Waals surface area contributed by atoms with Crippen molar-refractivity contribution in [2.75, 3.05) is 13.1 Å². The highest BCUT2D eigenvalue weighted by Gasteiger charge is 2.45. The van der Waals surface area contributed by atoms with Gasteiger partial charge in [-0.05, 0) is 55.1 Å². The standard InChI is InChI=1S/C44H59N5O9/c1-2-15-34(40(52)42(54)45-26-37(51)48-39(44(56)57)32-22-13-6-14-23-32)46-41(53)35-25-33(58-28-30-18-9-4-10-19-30)27-49(35)43(55)38(31-20-11-5-12-21-31)47-36(50)24-29-16-7-3-8-17-29/h4,6,9-10,13-14,18-19,22-23,29,31,33-35,38-39H,2-3,5,7-8,11-12,15-17,20-21,24-28H2,1H3,(H,45,54)(H,46,53)(H,47,50)(H,48,51)(H,56,57). The number of carboxylic acid groups (broad SMARTS) is 1. The molecule has 2 aromatic rings. The SMILES string of the molecule is CCCC(NC(=O)C1CC(OCc2ccccc2)CN1C(=O)C(NC(=O)CC1CCCCC1)C1CCCCC1)C(=O)C(=O)NCC(=O)NC(C(=O)O)c1ccccc1. The molecule has 5 unspecified atom stereocenters. The van der Waals surface area contributed by atoms with E-state index in [9.17, 15) is 38.7 Å². The van der Waals surface area contributed by atoms with E-state index in [0.717, 1.165) is 63.4 Å². The first kappa shape index (κ1) is 44.0. The predicted octanol–water partition coefficient (Wildman–Crippen LogP) is 4.12. The Kier molecular flexibility index (Phi) is 16.8. The molecule has 0 spiro atoms. The van der Waals surface area contributed by atoms with Crippen molar-refractivity contribution in [2.45, 2.75) is 134 Å². The minimum Gasteiger partial charge on any atom is -0.479 e. The predicted molar refractivity (Wildman–Crippen MR) is 215 cm³/mol. The molecule has 0 bridgehead atoms. The van der Waals surface area contributed by atoms with Crippen LogP contribution in [0.4, 0.5) is 0 Å². The van der Waals surface area contributed by atoms with Crippen LogP contribution in [0, 0.1) is 11.8 Å². The lowest BCUT2D eigenvalue weighted by Gasteiger charge is -2.35. The van der Waals surface area contributed by atoms with Crippen LogP contribution < -0.4 is 21.3 Å². The lowest BCUT2D eigenvalue weighted by Crippen LogP contribution is -2.58. The molecule has 3 aliphatic rings. The van der Waals surface area contributed by atoms with Crippen LogP contribution in [0.5, 0.6) is 0 Å². The number of aliphatic carboxylic acids is 1. The Balaban J connectivity index is 1.28. The van der Waals surface area contributed by atoms with E-state index < -0.39 is 66.3 Å². The average molecular weight is 802 g/mol. The fraction of sp³-hybridized carbons (Fsp3) is 0.568. The Morgan fingerprint density at radius 2 is 1.43 bits per heavy atom. The van der Waals surface area contributed by atoms with Crippen molar-refractivity contribution in [3.05, 3.63) is 71.8 Å².